The molecule has 11 heteroatoms. The lowest BCUT2D eigenvalue weighted by Gasteiger charge is -2.47. The van der Waals surface area contributed by atoms with Crippen molar-refractivity contribution in [3.63, 3.8) is 0 Å². The Morgan fingerprint density at radius 3 is 2.55 bits per heavy atom. The van der Waals surface area contributed by atoms with E-state index in [0.29, 0.717) is 36.4 Å². The number of methoxy groups -OCH3 is 1. The van der Waals surface area contributed by atoms with Gasteiger partial charge in [0.05, 0.1) is 16.8 Å². The first-order valence-corrected chi connectivity index (χ1v) is 10.8. The van der Waals surface area contributed by atoms with Gasteiger partial charge in [0.25, 0.3) is 6.01 Å². The van der Waals surface area contributed by atoms with E-state index in [2.05, 4.69) is 20.0 Å². The second-order valence-corrected chi connectivity index (χ2v) is 9.03. The number of halogens is 3. The summed E-state index contributed by atoms with van der Waals surface area (Å²) in [4.78, 5) is 10.8. The summed E-state index contributed by atoms with van der Waals surface area (Å²) in [6.45, 7) is 4.71. The molecule has 3 saturated heterocycles. The van der Waals surface area contributed by atoms with Crippen LogP contribution in [0.5, 0.6) is 5.75 Å². The van der Waals surface area contributed by atoms with Gasteiger partial charge in [-0.1, -0.05) is 0 Å². The maximum Gasteiger partial charge on any atom is 0.573 e. The maximum atomic E-state index is 13.4. The molecule has 3 aromatic rings. The number of piperazine rings is 1. The van der Waals surface area contributed by atoms with E-state index in [9.17, 15) is 13.2 Å². The molecule has 0 spiro atoms. The molecule has 2 atom stereocenters. The van der Waals surface area contributed by atoms with E-state index >= 15 is 0 Å². The smallest absolute Gasteiger partial charge is 0.423 e. The van der Waals surface area contributed by atoms with Crippen LogP contribution < -0.4 is 15.0 Å². The molecule has 2 unspecified atom stereocenters. The van der Waals surface area contributed by atoms with Gasteiger partial charge >= 0.3 is 6.36 Å². The molecule has 3 fully saturated rings. The van der Waals surface area contributed by atoms with Gasteiger partial charge in [-0.3, -0.25) is 0 Å². The number of anilines is 1. The van der Waals surface area contributed by atoms with E-state index in [1.54, 1.807) is 25.4 Å². The highest BCUT2D eigenvalue weighted by Gasteiger charge is 2.41. The minimum Gasteiger partial charge on any atom is -0.423 e. The Bertz CT molecular complexity index is 1100. The van der Waals surface area contributed by atoms with Crippen LogP contribution in [0.15, 0.2) is 21.4 Å². The average molecular weight is 454 g/mol. The number of piperidine rings is 1. The lowest BCUT2D eigenvalue weighted by atomic mass is 9.92. The molecule has 0 radical (unpaired) electrons. The molecule has 7 nitrogen and oxygen atoms in total. The number of rotatable bonds is 5. The van der Waals surface area contributed by atoms with Crippen molar-refractivity contribution < 1.29 is 27.1 Å². The second-order valence-electron chi connectivity index (χ2n) is 8.31. The van der Waals surface area contributed by atoms with Gasteiger partial charge in [0, 0.05) is 48.8 Å². The summed E-state index contributed by atoms with van der Waals surface area (Å²) in [5.41, 5.74) is 2.15. The average Bonchev–Trinajstić information content (AvgIpc) is 3.37. The number of nitrogens with one attached hydrogen (secondary N) is 1. The van der Waals surface area contributed by atoms with Crippen molar-refractivity contribution in [1.29, 1.82) is 0 Å². The SMILES string of the molecule is COC(C)(C)c1cc(-c2cscn2)c2oc(N3CC4CC(C3)N4)nc2c1OC(F)(F)F. The molecule has 0 saturated carbocycles. The van der Waals surface area contributed by atoms with Crippen LogP contribution in [0.3, 0.4) is 0 Å². The summed E-state index contributed by atoms with van der Waals surface area (Å²) in [6.07, 6.45) is -3.82. The lowest BCUT2D eigenvalue weighted by molar-refractivity contribution is -0.274. The van der Waals surface area contributed by atoms with Gasteiger partial charge in [0.2, 0.25) is 0 Å². The van der Waals surface area contributed by atoms with Crippen molar-refractivity contribution >= 4 is 28.5 Å². The number of benzene rings is 1. The Balaban J connectivity index is 1.74. The summed E-state index contributed by atoms with van der Waals surface area (Å²) >= 11 is 1.38. The summed E-state index contributed by atoms with van der Waals surface area (Å²) < 4.78 is 56.2. The molecular weight excluding hydrogens is 433 g/mol. The molecule has 2 aromatic heterocycles. The van der Waals surface area contributed by atoms with Gasteiger partial charge < -0.3 is 24.1 Å². The van der Waals surface area contributed by atoms with Crippen molar-refractivity contribution in [2.75, 3.05) is 25.1 Å². The number of thiazole rings is 1. The van der Waals surface area contributed by atoms with Gasteiger partial charge in [0.15, 0.2) is 16.8 Å². The summed E-state index contributed by atoms with van der Waals surface area (Å²) in [6, 6.07) is 2.54. The summed E-state index contributed by atoms with van der Waals surface area (Å²) in [7, 11) is 1.44. The number of oxazole rings is 1. The quantitative estimate of drug-likeness (QED) is 0.617. The Hall–Kier alpha value is -2.37. The monoisotopic (exact) mass is 454 g/mol. The Labute approximate surface area is 180 Å². The van der Waals surface area contributed by atoms with Crippen molar-refractivity contribution in [3.05, 3.63) is 22.5 Å². The fourth-order valence-electron chi connectivity index (χ4n) is 4.17. The van der Waals surface area contributed by atoms with Crippen LogP contribution in [-0.2, 0) is 10.3 Å². The minimum atomic E-state index is -4.90. The van der Waals surface area contributed by atoms with E-state index in [0.717, 1.165) is 6.42 Å². The van der Waals surface area contributed by atoms with Crippen LogP contribution in [0.2, 0.25) is 0 Å². The third-order valence-electron chi connectivity index (χ3n) is 5.89. The van der Waals surface area contributed by atoms with Crippen LogP contribution >= 0.6 is 11.3 Å². The van der Waals surface area contributed by atoms with E-state index in [-0.39, 0.29) is 22.7 Å². The van der Waals surface area contributed by atoms with Crippen molar-refractivity contribution in [3.8, 4) is 17.0 Å². The van der Waals surface area contributed by atoms with Crippen LogP contribution in [0.1, 0.15) is 25.8 Å². The highest BCUT2D eigenvalue weighted by molar-refractivity contribution is 7.07. The molecule has 3 aliphatic heterocycles. The third-order valence-corrected chi connectivity index (χ3v) is 6.47. The number of hydrogen-bond donors (Lipinski definition) is 1. The number of nitrogens with zero attached hydrogens (tertiary/aromatic N) is 3. The Morgan fingerprint density at radius 1 is 1.26 bits per heavy atom. The zero-order valence-electron chi connectivity index (χ0n) is 17.1. The number of fused-ring (bicyclic) bond motifs is 3. The maximum absolute atomic E-state index is 13.4. The Kier molecular flexibility index (Phi) is 4.68. The van der Waals surface area contributed by atoms with E-state index in [1.165, 1.54) is 18.4 Å². The van der Waals surface area contributed by atoms with E-state index in [4.69, 9.17) is 9.15 Å². The standard InChI is InChI=1S/C20H21F3N4O3S/c1-19(2,28-3)13-5-12(14-8-31-9-24-14)16-15(17(13)30-20(21,22)23)26-18(29-16)27-6-10-4-11(7-27)25-10/h5,8-11,25H,4,6-7H2,1-3H3. The molecule has 166 valence electrons. The number of ether oxygens (including phenoxy) is 2. The van der Waals surface area contributed by atoms with Crippen LogP contribution in [0, 0.1) is 0 Å². The largest absolute Gasteiger partial charge is 0.573 e. The molecule has 6 rings (SSSR count). The molecule has 5 heterocycles. The molecular formula is C20H21F3N4O3S. The molecule has 1 N–H and O–H groups in total. The lowest BCUT2D eigenvalue weighted by Crippen LogP contribution is -2.67. The second kappa shape index (κ2) is 7.07. The fraction of sp³-hybridized carbons (Fsp3) is 0.500. The van der Waals surface area contributed by atoms with Gasteiger partial charge in [0.1, 0.15) is 0 Å². The van der Waals surface area contributed by atoms with E-state index < -0.39 is 17.7 Å². The van der Waals surface area contributed by atoms with Crippen LogP contribution in [0.4, 0.5) is 19.2 Å². The summed E-state index contributed by atoms with van der Waals surface area (Å²) in [5.74, 6) is -0.413. The van der Waals surface area contributed by atoms with Crippen molar-refractivity contribution in [2.45, 2.75) is 44.3 Å². The normalized spacial score (nSPS) is 21.4. The predicted molar refractivity (Wildman–Crippen MR) is 109 cm³/mol. The van der Waals surface area contributed by atoms with Crippen LogP contribution in [0.25, 0.3) is 22.4 Å². The predicted octanol–water partition coefficient (Wildman–Crippen LogP) is 4.28. The molecule has 1 aromatic carbocycles. The van der Waals surface area contributed by atoms with Crippen LogP contribution in [-0.4, -0.2) is 48.6 Å². The Morgan fingerprint density at radius 2 is 1.97 bits per heavy atom. The number of alkyl halides is 3. The zero-order chi connectivity index (χ0) is 22.0. The first-order valence-electron chi connectivity index (χ1n) is 9.83. The van der Waals surface area contributed by atoms with Crippen molar-refractivity contribution in [2.24, 2.45) is 0 Å². The van der Waals surface area contributed by atoms with Gasteiger partial charge in [-0.2, -0.15) is 4.98 Å². The fourth-order valence-corrected chi connectivity index (χ4v) is 4.72. The topological polar surface area (TPSA) is 72.7 Å². The number of hydrogen-bond acceptors (Lipinski definition) is 8. The molecule has 0 aliphatic carbocycles. The number of aromatic nitrogens is 2. The van der Waals surface area contributed by atoms with Crippen molar-refractivity contribution in [1.82, 2.24) is 15.3 Å². The molecule has 2 bridgehead atoms. The van der Waals surface area contributed by atoms with Gasteiger partial charge in [-0.15, -0.1) is 24.5 Å². The molecule has 3 aliphatic rings. The highest BCUT2D eigenvalue weighted by Crippen LogP contribution is 2.46. The highest BCUT2D eigenvalue weighted by atomic mass is 32.1. The minimum absolute atomic E-state index is 0.00477. The van der Waals surface area contributed by atoms with Gasteiger partial charge in [-0.05, 0) is 26.3 Å². The summed E-state index contributed by atoms with van der Waals surface area (Å²) in [5, 5.41) is 5.23. The molecule has 31 heavy (non-hydrogen) atoms. The zero-order valence-corrected chi connectivity index (χ0v) is 17.9. The van der Waals surface area contributed by atoms with E-state index in [1.807, 2.05) is 10.3 Å². The van der Waals surface area contributed by atoms with Gasteiger partial charge in [-0.25, -0.2) is 4.98 Å². The first-order chi connectivity index (χ1) is 14.6. The first kappa shape index (κ1) is 20.5. The third kappa shape index (κ3) is 3.64. The molecule has 0 amide bonds.